The molecule has 0 radical (unpaired) electrons. The highest BCUT2D eigenvalue weighted by atomic mass is 32.2. The summed E-state index contributed by atoms with van der Waals surface area (Å²) in [5.74, 6) is -0.385. The number of anilines is 1. The Morgan fingerprint density at radius 3 is 2.39 bits per heavy atom. The zero-order valence-electron chi connectivity index (χ0n) is 15.4. The number of hydrogen-bond acceptors (Lipinski definition) is 6. The predicted octanol–water partition coefficient (Wildman–Crippen LogP) is 2.35. The van der Waals surface area contributed by atoms with Gasteiger partial charge < -0.3 is 9.80 Å². The van der Waals surface area contributed by atoms with Gasteiger partial charge in [0.2, 0.25) is 0 Å². The molecule has 2 aromatic carbocycles. The topological polar surface area (TPSA) is 101 Å². The summed E-state index contributed by atoms with van der Waals surface area (Å²) in [4.78, 5) is 27.1. The molecule has 1 heterocycles. The highest BCUT2D eigenvalue weighted by molar-refractivity contribution is 7.91. The fourth-order valence-corrected chi connectivity index (χ4v) is 4.30. The van der Waals surface area contributed by atoms with Crippen molar-refractivity contribution in [1.82, 2.24) is 4.90 Å². The fourth-order valence-electron chi connectivity index (χ4n) is 3.21. The van der Waals surface area contributed by atoms with E-state index in [4.69, 9.17) is 0 Å². The van der Waals surface area contributed by atoms with Crippen LogP contribution in [0.1, 0.15) is 17.3 Å². The van der Waals surface area contributed by atoms with Gasteiger partial charge in [-0.3, -0.25) is 14.9 Å². The van der Waals surface area contributed by atoms with Crippen LogP contribution in [0.4, 0.5) is 11.4 Å². The molecule has 0 N–H and O–H groups in total. The lowest BCUT2D eigenvalue weighted by molar-refractivity contribution is -0.384. The normalized spacial score (nSPS) is 14.8. The van der Waals surface area contributed by atoms with Gasteiger partial charge in [-0.15, -0.1) is 0 Å². The lowest BCUT2D eigenvalue weighted by Crippen LogP contribution is -2.49. The van der Waals surface area contributed by atoms with Crippen molar-refractivity contribution < 1.29 is 18.1 Å². The molecule has 1 aliphatic heterocycles. The molecule has 0 unspecified atom stereocenters. The second-order valence-electron chi connectivity index (χ2n) is 6.46. The lowest BCUT2D eigenvalue weighted by atomic mass is 10.1. The summed E-state index contributed by atoms with van der Waals surface area (Å²) in [6.07, 6.45) is 0. The Kier molecular flexibility index (Phi) is 5.64. The maximum atomic E-state index is 12.9. The Balaban J connectivity index is 1.75. The standard InChI is InChI=1S/C19H21N3O5S/c1-2-28(26,27)18-9-4-3-8-17(18)19(23)21-12-10-20(11-13-21)15-6-5-7-16(14-15)22(24)25/h3-9,14H,2,10-13H2,1H3. The fraction of sp³-hybridized carbons (Fsp3) is 0.316. The van der Waals surface area contributed by atoms with Crippen molar-refractivity contribution in [2.24, 2.45) is 0 Å². The van der Waals surface area contributed by atoms with E-state index in [1.165, 1.54) is 24.3 Å². The van der Waals surface area contributed by atoms with Gasteiger partial charge in [0, 0.05) is 44.0 Å². The Morgan fingerprint density at radius 1 is 1.07 bits per heavy atom. The van der Waals surface area contributed by atoms with Crippen molar-refractivity contribution in [3.8, 4) is 0 Å². The van der Waals surface area contributed by atoms with Crippen LogP contribution in [0.3, 0.4) is 0 Å². The maximum absolute atomic E-state index is 12.9. The maximum Gasteiger partial charge on any atom is 0.271 e. The van der Waals surface area contributed by atoms with Crippen molar-refractivity contribution in [3.63, 3.8) is 0 Å². The Hall–Kier alpha value is -2.94. The van der Waals surface area contributed by atoms with Gasteiger partial charge >= 0.3 is 0 Å². The van der Waals surface area contributed by atoms with E-state index < -0.39 is 14.8 Å². The van der Waals surface area contributed by atoms with Crippen molar-refractivity contribution in [3.05, 3.63) is 64.2 Å². The summed E-state index contributed by atoms with van der Waals surface area (Å²) in [5, 5.41) is 11.0. The molecule has 0 spiro atoms. The monoisotopic (exact) mass is 403 g/mol. The number of piperazine rings is 1. The van der Waals surface area contributed by atoms with E-state index in [1.54, 1.807) is 36.1 Å². The molecule has 8 nitrogen and oxygen atoms in total. The number of sulfone groups is 1. The van der Waals surface area contributed by atoms with Crippen LogP contribution in [0.2, 0.25) is 0 Å². The smallest absolute Gasteiger partial charge is 0.271 e. The third-order valence-electron chi connectivity index (χ3n) is 4.81. The minimum absolute atomic E-state index is 0.0229. The van der Waals surface area contributed by atoms with Gasteiger partial charge in [-0.25, -0.2) is 8.42 Å². The molecule has 0 saturated carbocycles. The molecule has 3 rings (SSSR count). The average Bonchev–Trinajstić information content (AvgIpc) is 2.73. The number of carbonyl (C=O) groups excluding carboxylic acids is 1. The zero-order valence-corrected chi connectivity index (χ0v) is 16.3. The molecule has 9 heteroatoms. The van der Waals surface area contributed by atoms with E-state index in [-0.39, 0.29) is 27.8 Å². The Labute approximate surface area is 163 Å². The van der Waals surface area contributed by atoms with Gasteiger partial charge in [0.05, 0.1) is 21.1 Å². The van der Waals surface area contributed by atoms with Crippen molar-refractivity contribution in [1.29, 1.82) is 0 Å². The first-order valence-corrected chi connectivity index (χ1v) is 10.6. The van der Waals surface area contributed by atoms with E-state index in [1.807, 2.05) is 4.90 Å². The van der Waals surface area contributed by atoms with Gasteiger partial charge in [-0.05, 0) is 18.2 Å². The van der Waals surface area contributed by atoms with Crippen LogP contribution in [-0.4, -0.2) is 56.1 Å². The Bertz CT molecular complexity index is 998. The summed E-state index contributed by atoms with van der Waals surface area (Å²) in [5.41, 5.74) is 0.943. The van der Waals surface area contributed by atoms with Crippen LogP contribution >= 0.6 is 0 Å². The number of nitro groups is 1. The average molecular weight is 403 g/mol. The molecular formula is C19H21N3O5S. The van der Waals surface area contributed by atoms with Crippen LogP contribution in [-0.2, 0) is 9.84 Å². The summed E-state index contributed by atoms with van der Waals surface area (Å²) < 4.78 is 24.6. The molecule has 148 valence electrons. The van der Waals surface area contributed by atoms with Crippen molar-refractivity contribution >= 4 is 27.1 Å². The van der Waals surface area contributed by atoms with Crippen LogP contribution in [0.5, 0.6) is 0 Å². The molecule has 0 bridgehead atoms. The third-order valence-corrected chi connectivity index (χ3v) is 6.59. The van der Waals surface area contributed by atoms with Crippen molar-refractivity contribution in [2.45, 2.75) is 11.8 Å². The number of carbonyl (C=O) groups is 1. The lowest BCUT2D eigenvalue weighted by Gasteiger charge is -2.36. The first kappa shape index (κ1) is 19.8. The van der Waals surface area contributed by atoms with Gasteiger partial charge in [0.1, 0.15) is 0 Å². The minimum atomic E-state index is -3.50. The molecule has 0 aliphatic carbocycles. The quantitative estimate of drug-likeness (QED) is 0.561. The number of nitrogens with zero attached hydrogens (tertiary/aromatic N) is 3. The molecule has 0 aromatic heterocycles. The number of non-ortho nitro benzene ring substituents is 1. The Morgan fingerprint density at radius 2 is 1.75 bits per heavy atom. The summed E-state index contributed by atoms with van der Waals surface area (Å²) in [6.45, 7) is 3.38. The summed E-state index contributed by atoms with van der Waals surface area (Å²) in [7, 11) is -3.50. The van der Waals surface area contributed by atoms with E-state index in [0.717, 1.165) is 5.69 Å². The number of benzene rings is 2. The van der Waals surface area contributed by atoms with E-state index in [0.29, 0.717) is 26.2 Å². The van der Waals surface area contributed by atoms with Gasteiger partial charge in [0.25, 0.3) is 11.6 Å². The SMILES string of the molecule is CCS(=O)(=O)c1ccccc1C(=O)N1CCN(c2cccc([N+](=O)[O-])c2)CC1. The molecule has 28 heavy (non-hydrogen) atoms. The zero-order chi connectivity index (χ0) is 20.3. The number of hydrogen-bond donors (Lipinski definition) is 0. The predicted molar refractivity (Wildman–Crippen MR) is 105 cm³/mol. The van der Waals surface area contributed by atoms with Crippen LogP contribution in [0.15, 0.2) is 53.4 Å². The molecule has 1 aliphatic rings. The largest absolute Gasteiger partial charge is 0.368 e. The van der Waals surface area contributed by atoms with Crippen LogP contribution in [0.25, 0.3) is 0 Å². The molecule has 1 amide bonds. The number of rotatable bonds is 5. The highest BCUT2D eigenvalue weighted by Crippen LogP contribution is 2.24. The second kappa shape index (κ2) is 7.97. The first-order chi connectivity index (χ1) is 13.3. The van der Waals surface area contributed by atoms with E-state index >= 15 is 0 Å². The van der Waals surface area contributed by atoms with Gasteiger partial charge in [0.15, 0.2) is 9.84 Å². The summed E-state index contributed by atoms with van der Waals surface area (Å²) >= 11 is 0. The highest BCUT2D eigenvalue weighted by Gasteiger charge is 2.27. The molecule has 1 saturated heterocycles. The van der Waals surface area contributed by atoms with Gasteiger partial charge in [-0.1, -0.05) is 25.1 Å². The molecular weight excluding hydrogens is 382 g/mol. The number of amides is 1. The van der Waals surface area contributed by atoms with E-state index in [2.05, 4.69) is 0 Å². The molecule has 1 fully saturated rings. The van der Waals surface area contributed by atoms with Crippen LogP contribution < -0.4 is 4.90 Å². The summed E-state index contributed by atoms with van der Waals surface area (Å²) in [6, 6.07) is 12.7. The van der Waals surface area contributed by atoms with Crippen LogP contribution in [0, 0.1) is 10.1 Å². The minimum Gasteiger partial charge on any atom is -0.368 e. The van der Waals surface area contributed by atoms with Gasteiger partial charge in [-0.2, -0.15) is 0 Å². The number of nitro benzene ring substituents is 1. The first-order valence-electron chi connectivity index (χ1n) is 8.94. The second-order valence-corrected chi connectivity index (χ2v) is 8.70. The molecule has 0 atom stereocenters. The molecule has 2 aromatic rings. The third kappa shape index (κ3) is 3.99. The van der Waals surface area contributed by atoms with Crippen molar-refractivity contribution in [2.75, 3.05) is 36.8 Å². The van der Waals surface area contributed by atoms with E-state index in [9.17, 15) is 23.3 Å².